The number of carbonyl (C=O) groups is 1. The van der Waals surface area contributed by atoms with Crippen molar-refractivity contribution in [3.8, 4) is 0 Å². The Hall–Kier alpha value is -1.50. The van der Waals surface area contributed by atoms with Crippen LogP contribution in [0.4, 0.5) is 13.2 Å². The highest BCUT2D eigenvalue weighted by Crippen LogP contribution is 2.23. The standard InChI is InChI=1S/C15H21F3N2O2/c1-3-11-6-7-13(22-11)10(2)19-12-5-4-8-20(14(12)21)9-15(16,17)18/h6-7,10,12,19H,3-5,8-9H2,1-2H3/t10-,12+/m1/s1. The third-order valence-electron chi connectivity index (χ3n) is 3.81. The van der Waals surface area contributed by atoms with Gasteiger partial charge in [0.15, 0.2) is 0 Å². The molecule has 2 heterocycles. The molecular weight excluding hydrogens is 297 g/mol. The van der Waals surface area contributed by atoms with E-state index in [4.69, 9.17) is 4.42 Å². The molecule has 0 aromatic carbocycles. The monoisotopic (exact) mass is 318 g/mol. The van der Waals surface area contributed by atoms with Crippen molar-refractivity contribution in [2.24, 2.45) is 0 Å². The van der Waals surface area contributed by atoms with E-state index in [1.807, 2.05) is 26.0 Å². The van der Waals surface area contributed by atoms with E-state index in [1.165, 1.54) is 0 Å². The van der Waals surface area contributed by atoms with E-state index in [0.29, 0.717) is 18.6 Å². The van der Waals surface area contributed by atoms with Crippen LogP contribution in [0.2, 0.25) is 0 Å². The van der Waals surface area contributed by atoms with Crippen LogP contribution in [0.5, 0.6) is 0 Å². The molecule has 1 aromatic heterocycles. The van der Waals surface area contributed by atoms with Crippen LogP contribution in [0.15, 0.2) is 16.5 Å². The predicted molar refractivity (Wildman–Crippen MR) is 75.3 cm³/mol. The van der Waals surface area contributed by atoms with Crippen LogP contribution in [-0.4, -0.2) is 36.1 Å². The highest BCUT2D eigenvalue weighted by Gasteiger charge is 2.37. The van der Waals surface area contributed by atoms with Gasteiger partial charge in [-0.15, -0.1) is 0 Å². The van der Waals surface area contributed by atoms with Crippen molar-refractivity contribution < 1.29 is 22.4 Å². The minimum atomic E-state index is -4.36. The summed E-state index contributed by atoms with van der Waals surface area (Å²) in [5.74, 6) is 1.05. The molecule has 1 aromatic rings. The normalized spacial score (nSPS) is 21.2. The van der Waals surface area contributed by atoms with Gasteiger partial charge in [0, 0.05) is 13.0 Å². The highest BCUT2D eigenvalue weighted by atomic mass is 19.4. The lowest BCUT2D eigenvalue weighted by atomic mass is 10.0. The average Bonchev–Trinajstić information content (AvgIpc) is 2.90. The molecule has 1 amide bonds. The molecule has 0 bridgehead atoms. The minimum Gasteiger partial charge on any atom is -0.464 e. The van der Waals surface area contributed by atoms with Crippen molar-refractivity contribution in [1.82, 2.24) is 10.2 Å². The fraction of sp³-hybridized carbons (Fsp3) is 0.667. The molecule has 0 saturated carbocycles. The number of hydrogen-bond donors (Lipinski definition) is 1. The third-order valence-corrected chi connectivity index (χ3v) is 3.81. The SMILES string of the molecule is CCc1ccc([C@@H](C)N[C@H]2CCCN(CC(F)(F)F)C2=O)o1. The Balaban J connectivity index is 1.97. The van der Waals surface area contributed by atoms with Gasteiger partial charge < -0.3 is 9.32 Å². The number of nitrogens with zero attached hydrogens (tertiary/aromatic N) is 1. The minimum absolute atomic E-state index is 0.158. The maximum Gasteiger partial charge on any atom is 0.406 e. The second kappa shape index (κ2) is 6.73. The molecule has 0 aliphatic carbocycles. The molecule has 124 valence electrons. The van der Waals surface area contributed by atoms with E-state index < -0.39 is 24.7 Å². The molecule has 1 aliphatic rings. The van der Waals surface area contributed by atoms with E-state index in [-0.39, 0.29) is 12.6 Å². The van der Waals surface area contributed by atoms with Gasteiger partial charge in [-0.1, -0.05) is 6.92 Å². The lowest BCUT2D eigenvalue weighted by Crippen LogP contribution is -2.53. The van der Waals surface area contributed by atoms with Crippen molar-refractivity contribution in [1.29, 1.82) is 0 Å². The van der Waals surface area contributed by atoms with Crippen LogP contribution in [0, 0.1) is 0 Å². The number of carbonyl (C=O) groups excluding carboxylic acids is 1. The van der Waals surface area contributed by atoms with Crippen LogP contribution in [0.1, 0.15) is 44.3 Å². The summed E-state index contributed by atoms with van der Waals surface area (Å²) in [6.45, 7) is 2.79. The summed E-state index contributed by atoms with van der Waals surface area (Å²) in [5, 5.41) is 3.09. The summed E-state index contributed by atoms with van der Waals surface area (Å²) in [4.78, 5) is 13.0. The van der Waals surface area contributed by atoms with Crippen molar-refractivity contribution in [2.75, 3.05) is 13.1 Å². The van der Waals surface area contributed by atoms with Gasteiger partial charge in [0.05, 0.1) is 12.1 Å². The lowest BCUT2D eigenvalue weighted by molar-refractivity contribution is -0.165. The highest BCUT2D eigenvalue weighted by molar-refractivity contribution is 5.82. The molecule has 4 nitrogen and oxygen atoms in total. The molecule has 1 saturated heterocycles. The molecular formula is C15H21F3N2O2. The summed E-state index contributed by atoms with van der Waals surface area (Å²) in [5.41, 5.74) is 0. The molecule has 1 aliphatic heterocycles. The van der Waals surface area contributed by atoms with Crippen molar-refractivity contribution in [3.05, 3.63) is 23.7 Å². The summed E-state index contributed by atoms with van der Waals surface area (Å²) in [6, 6.07) is 2.88. The Morgan fingerprint density at radius 1 is 1.45 bits per heavy atom. The van der Waals surface area contributed by atoms with Gasteiger partial charge >= 0.3 is 6.18 Å². The van der Waals surface area contributed by atoms with E-state index >= 15 is 0 Å². The molecule has 2 rings (SSSR count). The number of aryl methyl sites for hydroxylation is 1. The number of rotatable bonds is 5. The van der Waals surface area contributed by atoms with Crippen LogP contribution in [0.3, 0.4) is 0 Å². The van der Waals surface area contributed by atoms with Gasteiger partial charge in [0.2, 0.25) is 5.91 Å². The maximum absolute atomic E-state index is 12.5. The number of hydrogen-bond acceptors (Lipinski definition) is 3. The smallest absolute Gasteiger partial charge is 0.406 e. The Bertz CT molecular complexity index is 513. The van der Waals surface area contributed by atoms with Crippen molar-refractivity contribution in [3.63, 3.8) is 0 Å². The summed E-state index contributed by atoms with van der Waals surface area (Å²) in [7, 11) is 0. The molecule has 0 spiro atoms. The first-order chi connectivity index (χ1) is 10.3. The van der Waals surface area contributed by atoms with Crippen LogP contribution < -0.4 is 5.32 Å². The zero-order valence-electron chi connectivity index (χ0n) is 12.7. The molecule has 7 heteroatoms. The quantitative estimate of drug-likeness (QED) is 0.907. The van der Waals surface area contributed by atoms with E-state index in [9.17, 15) is 18.0 Å². The Morgan fingerprint density at radius 3 is 2.77 bits per heavy atom. The zero-order valence-corrected chi connectivity index (χ0v) is 12.7. The van der Waals surface area contributed by atoms with Gasteiger partial charge in [-0.05, 0) is 31.9 Å². The molecule has 0 radical (unpaired) electrons. The topological polar surface area (TPSA) is 45.5 Å². The maximum atomic E-state index is 12.5. The van der Waals surface area contributed by atoms with Gasteiger partial charge in [-0.3, -0.25) is 10.1 Å². The molecule has 0 unspecified atom stereocenters. The van der Waals surface area contributed by atoms with Crippen molar-refractivity contribution in [2.45, 2.75) is 51.4 Å². The molecule has 2 atom stereocenters. The predicted octanol–water partition coefficient (Wildman–Crippen LogP) is 3.05. The first-order valence-corrected chi connectivity index (χ1v) is 7.50. The Morgan fingerprint density at radius 2 is 2.18 bits per heavy atom. The fourth-order valence-corrected chi connectivity index (χ4v) is 2.67. The number of likely N-dealkylation sites (tertiary alicyclic amines) is 1. The summed E-state index contributed by atoms with van der Waals surface area (Å²) < 4.78 is 43.1. The Labute approximate surface area is 127 Å². The zero-order chi connectivity index (χ0) is 16.3. The number of amides is 1. The lowest BCUT2D eigenvalue weighted by Gasteiger charge is -2.34. The van der Waals surface area contributed by atoms with Crippen LogP contribution >= 0.6 is 0 Å². The second-order valence-corrected chi connectivity index (χ2v) is 5.62. The number of furan rings is 1. The van der Waals surface area contributed by atoms with Gasteiger partial charge in [-0.2, -0.15) is 13.2 Å². The van der Waals surface area contributed by atoms with E-state index in [1.54, 1.807) is 0 Å². The number of piperidine rings is 1. The first kappa shape index (κ1) is 16.9. The molecule has 1 N–H and O–H groups in total. The number of nitrogens with one attached hydrogen (secondary N) is 1. The number of alkyl halides is 3. The molecule has 22 heavy (non-hydrogen) atoms. The second-order valence-electron chi connectivity index (χ2n) is 5.62. The van der Waals surface area contributed by atoms with Crippen LogP contribution in [-0.2, 0) is 11.2 Å². The van der Waals surface area contributed by atoms with Gasteiger partial charge in [0.25, 0.3) is 0 Å². The van der Waals surface area contributed by atoms with Crippen molar-refractivity contribution >= 4 is 5.91 Å². The first-order valence-electron chi connectivity index (χ1n) is 7.50. The molecule has 1 fully saturated rings. The van der Waals surface area contributed by atoms with E-state index in [2.05, 4.69) is 5.32 Å². The number of halogens is 3. The van der Waals surface area contributed by atoms with E-state index in [0.717, 1.165) is 17.1 Å². The third kappa shape index (κ3) is 4.25. The van der Waals surface area contributed by atoms with Crippen LogP contribution in [0.25, 0.3) is 0 Å². The van der Waals surface area contributed by atoms with Gasteiger partial charge in [-0.25, -0.2) is 0 Å². The van der Waals surface area contributed by atoms with Gasteiger partial charge in [0.1, 0.15) is 18.1 Å². The average molecular weight is 318 g/mol. The summed E-state index contributed by atoms with van der Waals surface area (Å²) >= 11 is 0. The Kier molecular flexibility index (Phi) is 5.16. The summed E-state index contributed by atoms with van der Waals surface area (Å²) in [6.07, 6.45) is -2.49. The fourth-order valence-electron chi connectivity index (χ4n) is 2.67. The largest absolute Gasteiger partial charge is 0.464 e.